The summed E-state index contributed by atoms with van der Waals surface area (Å²) in [5.41, 5.74) is 0.934. The van der Waals surface area contributed by atoms with Gasteiger partial charge in [-0.3, -0.25) is 19.9 Å². The number of halogens is 2. The quantitative estimate of drug-likeness (QED) is 0.685. The van der Waals surface area contributed by atoms with Gasteiger partial charge in [-0.2, -0.15) is 0 Å². The standard InChI is InChI=1S/C13H9Cl2N3O3/c1-7-2-8(6-16-5-7)17-13(19)10-3-9(18(20)21)4-11(14)12(10)15/h2-6H,1H3,(H,17,19). The predicted octanol–water partition coefficient (Wildman–Crippen LogP) is 3.86. The first-order valence-corrected chi connectivity index (χ1v) is 6.50. The molecule has 1 N–H and O–H groups in total. The van der Waals surface area contributed by atoms with Crippen LogP contribution in [0.15, 0.2) is 30.6 Å². The molecule has 0 aliphatic rings. The van der Waals surface area contributed by atoms with E-state index >= 15 is 0 Å². The van der Waals surface area contributed by atoms with E-state index in [1.54, 1.807) is 12.3 Å². The van der Waals surface area contributed by atoms with Gasteiger partial charge in [0.1, 0.15) is 0 Å². The lowest BCUT2D eigenvalue weighted by atomic mass is 10.1. The van der Waals surface area contributed by atoms with E-state index in [9.17, 15) is 14.9 Å². The maximum Gasteiger partial charge on any atom is 0.271 e. The molecule has 0 saturated carbocycles. The van der Waals surface area contributed by atoms with E-state index in [0.29, 0.717) is 5.69 Å². The van der Waals surface area contributed by atoms with Gasteiger partial charge in [0.05, 0.1) is 32.4 Å². The van der Waals surface area contributed by atoms with Crippen molar-refractivity contribution in [1.82, 2.24) is 4.98 Å². The largest absolute Gasteiger partial charge is 0.321 e. The molecule has 0 atom stereocenters. The number of hydrogen-bond donors (Lipinski definition) is 1. The molecule has 2 rings (SSSR count). The van der Waals surface area contributed by atoms with Crippen molar-refractivity contribution in [2.45, 2.75) is 6.92 Å². The van der Waals surface area contributed by atoms with Gasteiger partial charge in [0.25, 0.3) is 11.6 Å². The van der Waals surface area contributed by atoms with E-state index in [0.717, 1.165) is 17.7 Å². The van der Waals surface area contributed by atoms with Crippen LogP contribution in [0.1, 0.15) is 15.9 Å². The number of nitro benzene ring substituents is 1. The Morgan fingerprint density at radius 1 is 1.29 bits per heavy atom. The number of nitro groups is 1. The summed E-state index contributed by atoms with van der Waals surface area (Å²) in [6.45, 7) is 1.82. The molecule has 0 aliphatic carbocycles. The second-order valence-electron chi connectivity index (χ2n) is 4.25. The summed E-state index contributed by atoms with van der Waals surface area (Å²) in [4.78, 5) is 26.3. The molecule has 1 aromatic carbocycles. The first-order valence-electron chi connectivity index (χ1n) is 5.75. The number of benzene rings is 1. The Hall–Kier alpha value is -2.18. The van der Waals surface area contributed by atoms with Gasteiger partial charge in [0, 0.05) is 18.3 Å². The number of hydrogen-bond acceptors (Lipinski definition) is 4. The van der Waals surface area contributed by atoms with E-state index in [-0.39, 0.29) is 21.3 Å². The number of nitrogens with zero attached hydrogens (tertiary/aromatic N) is 2. The fourth-order valence-electron chi connectivity index (χ4n) is 1.67. The number of pyridine rings is 1. The Bertz CT molecular complexity index is 735. The summed E-state index contributed by atoms with van der Waals surface area (Å²) in [6, 6.07) is 3.87. The van der Waals surface area contributed by atoms with E-state index in [1.165, 1.54) is 6.20 Å². The third-order valence-electron chi connectivity index (χ3n) is 2.60. The Morgan fingerprint density at radius 3 is 2.62 bits per heavy atom. The van der Waals surface area contributed by atoms with Gasteiger partial charge in [0.15, 0.2) is 0 Å². The van der Waals surface area contributed by atoms with Crippen molar-refractivity contribution < 1.29 is 9.72 Å². The van der Waals surface area contributed by atoms with Crippen LogP contribution in [0.25, 0.3) is 0 Å². The highest BCUT2D eigenvalue weighted by Gasteiger charge is 2.19. The summed E-state index contributed by atoms with van der Waals surface area (Å²) in [5.74, 6) is -0.599. The summed E-state index contributed by atoms with van der Waals surface area (Å²) in [7, 11) is 0. The molecule has 0 unspecified atom stereocenters. The van der Waals surface area contributed by atoms with Gasteiger partial charge < -0.3 is 5.32 Å². The van der Waals surface area contributed by atoms with Gasteiger partial charge in [-0.15, -0.1) is 0 Å². The van der Waals surface area contributed by atoms with Gasteiger partial charge in [-0.1, -0.05) is 23.2 Å². The highest BCUT2D eigenvalue weighted by molar-refractivity contribution is 6.44. The number of amides is 1. The molecule has 0 bridgehead atoms. The van der Waals surface area contributed by atoms with Crippen LogP contribution in [-0.2, 0) is 0 Å². The number of nitrogens with one attached hydrogen (secondary N) is 1. The van der Waals surface area contributed by atoms with E-state index < -0.39 is 10.8 Å². The number of carbonyl (C=O) groups excluding carboxylic acids is 1. The molecule has 21 heavy (non-hydrogen) atoms. The van der Waals surface area contributed by atoms with Crippen LogP contribution < -0.4 is 5.32 Å². The molecule has 0 fully saturated rings. The van der Waals surface area contributed by atoms with Crippen LogP contribution in [0.3, 0.4) is 0 Å². The SMILES string of the molecule is Cc1cncc(NC(=O)c2cc([N+](=O)[O-])cc(Cl)c2Cl)c1. The van der Waals surface area contributed by atoms with Crippen molar-refractivity contribution >= 4 is 40.5 Å². The van der Waals surface area contributed by atoms with Crippen molar-refractivity contribution in [3.05, 3.63) is 61.9 Å². The number of aromatic nitrogens is 1. The molecular formula is C13H9Cl2N3O3. The van der Waals surface area contributed by atoms with Crippen LogP contribution in [0.4, 0.5) is 11.4 Å². The maximum absolute atomic E-state index is 12.2. The minimum atomic E-state index is -0.646. The molecule has 2 aromatic rings. The normalized spacial score (nSPS) is 10.2. The molecule has 1 amide bonds. The highest BCUT2D eigenvalue weighted by atomic mass is 35.5. The summed E-state index contributed by atoms with van der Waals surface area (Å²) < 4.78 is 0. The second-order valence-corrected chi connectivity index (χ2v) is 5.04. The molecule has 0 radical (unpaired) electrons. The Kier molecular flexibility index (Phi) is 4.40. The van der Waals surface area contributed by atoms with Crippen LogP contribution >= 0.6 is 23.2 Å². The van der Waals surface area contributed by atoms with E-state index in [2.05, 4.69) is 10.3 Å². The zero-order chi connectivity index (χ0) is 15.6. The lowest BCUT2D eigenvalue weighted by Crippen LogP contribution is -2.13. The Labute approximate surface area is 129 Å². The molecule has 0 spiro atoms. The van der Waals surface area contributed by atoms with Crippen molar-refractivity contribution in [3.63, 3.8) is 0 Å². The molecule has 6 nitrogen and oxygen atoms in total. The molecule has 0 aliphatic heterocycles. The van der Waals surface area contributed by atoms with Crippen LogP contribution in [0, 0.1) is 17.0 Å². The zero-order valence-corrected chi connectivity index (χ0v) is 12.3. The minimum Gasteiger partial charge on any atom is -0.321 e. The van der Waals surface area contributed by atoms with Gasteiger partial charge in [0.2, 0.25) is 0 Å². The molecule has 1 heterocycles. The van der Waals surface area contributed by atoms with E-state index in [4.69, 9.17) is 23.2 Å². The lowest BCUT2D eigenvalue weighted by Gasteiger charge is -2.08. The predicted molar refractivity (Wildman–Crippen MR) is 80.0 cm³/mol. The number of anilines is 1. The van der Waals surface area contributed by atoms with Crippen LogP contribution in [-0.4, -0.2) is 15.8 Å². The third-order valence-corrected chi connectivity index (χ3v) is 3.40. The van der Waals surface area contributed by atoms with Gasteiger partial charge in [-0.05, 0) is 18.6 Å². The summed E-state index contributed by atoms with van der Waals surface area (Å²) >= 11 is 11.7. The fourth-order valence-corrected chi connectivity index (χ4v) is 2.08. The Morgan fingerprint density at radius 2 is 2.00 bits per heavy atom. The third kappa shape index (κ3) is 3.48. The first-order chi connectivity index (χ1) is 9.88. The maximum atomic E-state index is 12.2. The number of aryl methyl sites for hydroxylation is 1. The first kappa shape index (κ1) is 15.2. The summed E-state index contributed by atoms with van der Waals surface area (Å²) in [6.07, 6.45) is 3.09. The van der Waals surface area contributed by atoms with E-state index in [1.807, 2.05) is 6.92 Å². The van der Waals surface area contributed by atoms with Crippen molar-refractivity contribution in [2.24, 2.45) is 0 Å². The topological polar surface area (TPSA) is 85.1 Å². The average molecular weight is 326 g/mol. The highest BCUT2D eigenvalue weighted by Crippen LogP contribution is 2.31. The zero-order valence-electron chi connectivity index (χ0n) is 10.8. The lowest BCUT2D eigenvalue weighted by molar-refractivity contribution is -0.384. The number of non-ortho nitro benzene ring substituents is 1. The summed E-state index contributed by atoms with van der Waals surface area (Å²) in [5, 5.41) is 13.3. The van der Waals surface area contributed by atoms with Gasteiger partial charge in [-0.25, -0.2) is 0 Å². The number of carbonyl (C=O) groups is 1. The number of rotatable bonds is 3. The molecule has 0 saturated heterocycles. The smallest absolute Gasteiger partial charge is 0.271 e. The molecule has 8 heteroatoms. The van der Waals surface area contributed by atoms with Crippen molar-refractivity contribution in [2.75, 3.05) is 5.32 Å². The van der Waals surface area contributed by atoms with Crippen molar-refractivity contribution in [3.8, 4) is 0 Å². The Balaban J connectivity index is 2.37. The monoisotopic (exact) mass is 325 g/mol. The molecular weight excluding hydrogens is 317 g/mol. The van der Waals surface area contributed by atoms with Crippen molar-refractivity contribution in [1.29, 1.82) is 0 Å². The minimum absolute atomic E-state index is 0.0413. The second kappa shape index (κ2) is 6.07. The van der Waals surface area contributed by atoms with Crippen LogP contribution in [0.5, 0.6) is 0 Å². The van der Waals surface area contributed by atoms with Crippen LogP contribution in [0.2, 0.25) is 10.0 Å². The fraction of sp³-hybridized carbons (Fsp3) is 0.0769. The average Bonchev–Trinajstić information content (AvgIpc) is 2.41. The molecule has 108 valence electrons. The molecule has 1 aromatic heterocycles. The van der Waals surface area contributed by atoms with Gasteiger partial charge >= 0.3 is 0 Å².